The largest absolute Gasteiger partial charge is 0.383 e. The van der Waals surface area contributed by atoms with Crippen molar-refractivity contribution >= 4 is 17.2 Å². The number of amides is 1. The van der Waals surface area contributed by atoms with E-state index >= 15 is 0 Å². The lowest BCUT2D eigenvalue weighted by molar-refractivity contribution is 0.0748. The zero-order chi connectivity index (χ0) is 12.7. The number of carbonyl (C=O) groups excluding carboxylic acids is 1. The van der Waals surface area contributed by atoms with Crippen LogP contribution < -0.4 is 5.73 Å². The molecule has 0 saturated carbocycles. The highest BCUT2D eigenvalue weighted by Crippen LogP contribution is 2.17. The zero-order valence-electron chi connectivity index (χ0n) is 10.0. The summed E-state index contributed by atoms with van der Waals surface area (Å²) in [5, 5.41) is 1.86. The molecule has 0 aliphatic carbocycles. The van der Waals surface area contributed by atoms with Crippen LogP contribution in [0.25, 0.3) is 0 Å². The third-order valence-corrected chi connectivity index (χ3v) is 3.06. The molecule has 0 unspecified atom stereocenters. The molecule has 0 aliphatic rings. The minimum absolute atomic E-state index is 0.0293. The quantitative estimate of drug-likeness (QED) is 0.806. The second kappa shape index (κ2) is 7.07. The molecule has 92 valence electrons. The van der Waals surface area contributed by atoms with Crippen molar-refractivity contribution in [3.05, 3.63) is 21.9 Å². The van der Waals surface area contributed by atoms with Gasteiger partial charge in [0.05, 0.1) is 13.2 Å². The zero-order valence-corrected chi connectivity index (χ0v) is 10.8. The molecule has 1 heterocycles. The van der Waals surface area contributed by atoms with Gasteiger partial charge in [0.1, 0.15) is 4.88 Å². The fourth-order valence-corrected chi connectivity index (χ4v) is 2.07. The van der Waals surface area contributed by atoms with Crippen LogP contribution in [0.4, 0.5) is 0 Å². The van der Waals surface area contributed by atoms with Gasteiger partial charge in [-0.05, 0) is 11.4 Å². The second-order valence-electron chi connectivity index (χ2n) is 3.39. The van der Waals surface area contributed by atoms with Crippen LogP contribution in [-0.4, -0.2) is 44.7 Å². The molecule has 1 aromatic heterocycles. The van der Waals surface area contributed by atoms with Gasteiger partial charge >= 0.3 is 0 Å². The lowest BCUT2D eigenvalue weighted by atomic mass is 10.2. The van der Waals surface area contributed by atoms with Crippen molar-refractivity contribution in [3.63, 3.8) is 0 Å². The molecule has 0 saturated heterocycles. The fraction of sp³-hybridized carbons (Fsp3) is 0.417. The number of thiophene rings is 1. The molecule has 17 heavy (non-hydrogen) atoms. The molecule has 1 aromatic rings. The van der Waals surface area contributed by atoms with Crippen molar-refractivity contribution in [3.8, 4) is 11.8 Å². The Morgan fingerprint density at radius 2 is 2.41 bits per heavy atom. The lowest BCUT2D eigenvalue weighted by Crippen LogP contribution is -2.29. The van der Waals surface area contributed by atoms with E-state index < -0.39 is 0 Å². The van der Waals surface area contributed by atoms with Crippen LogP contribution in [0.2, 0.25) is 0 Å². The Morgan fingerprint density at radius 3 is 3.06 bits per heavy atom. The van der Waals surface area contributed by atoms with Crippen LogP contribution in [0, 0.1) is 11.8 Å². The Hall–Kier alpha value is -1.35. The van der Waals surface area contributed by atoms with Crippen molar-refractivity contribution in [1.29, 1.82) is 0 Å². The van der Waals surface area contributed by atoms with Crippen LogP contribution in [0.5, 0.6) is 0 Å². The van der Waals surface area contributed by atoms with E-state index in [-0.39, 0.29) is 5.91 Å². The summed E-state index contributed by atoms with van der Waals surface area (Å²) >= 11 is 1.39. The first-order valence-corrected chi connectivity index (χ1v) is 6.09. The van der Waals surface area contributed by atoms with Crippen molar-refractivity contribution in [1.82, 2.24) is 4.90 Å². The highest BCUT2D eigenvalue weighted by Gasteiger charge is 2.16. The lowest BCUT2D eigenvalue weighted by Gasteiger charge is -2.15. The van der Waals surface area contributed by atoms with E-state index in [1.54, 1.807) is 19.1 Å². The molecule has 0 spiro atoms. The number of carbonyl (C=O) groups is 1. The van der Waals surface area contributed by atoms with E-state index in [9.17, 15) is 4.79 Å². The summed E-state index contributed by atoms with van der Waals surface area (Å²) < 4.78 is 4.94. The molecule has 1 amide bonds. The maximum absolute atomic E-state index is 12.1. The number of hydrogen-bond acceptors (Lipinski definition) is 4. The molecule has 5 heteroatoms. The molecule has 0 fully saturated rings. The number of methoxy groups -OCH3 is 1. The minimum atomic E-state index is -0.0293. The topological polar surface area (TPSA) is 55.6 Å². The Balaban J connectivity index is 2.78. The average Bonchev–Trinajstić information content (AvgIpc) is 2.80. The molecule has 1 rings (SSSR count). The number of nitrogens with two attached hydrogens (primary N) is 1. The van der Waals surface area contributed by atoms with E-state index in [0.29, 0.717) is 24.6 Å². The molecular formula is C12H16N2O2S. The van der Waals surface area contributed by atoms with E-state index in [4.69, 9.17) is 10.5 Å². The summed E-state index contributed by atoms with van der Waals surface area (Å²) in [5.41, 5.74) is 6.06. The maximum atomic E-state index is 12.1. The Labute approximate surface area is 105 Å². The van der Waals surface area contributed by atoms with Gasteiger partial charge in [-0.2, -0.15) is 0 Å². The summed E-state index contributed by atoms with van der Waals surface area (Å²) in [7, 11) is 3.36. The Morgan fingerprint density at radius 1 is 1.65 bits per heavy atom. The van der Waals surface area contributed by atoms with Crippen molar-refractivity contribution in [2.24, 2.45) is 5.73 Å². The molecule has 0 atom stereocenters. The Kier molecular flexibility index (Phi) is 5.70. The van der Waals surface area contributed by atoms with Gasteiger partial charge in [-0.3, -0.25) is 4.79 Å². The SMILES string of the molecule is COCCN(C)C(=O)c1sccc1C#CCN. The molecule has 0 aliphatic heterocycles. The first kappa shape index (κ1) is 13.7. The average molecular weight is 252 g/mol. The summed E-state index contributed by atoms with van der Waals surface area (Å²) in [6.07, 6.45) is 0. The summed E-state index contributed by atoms with van der Waals surface area (Å²) in [6, 6.07) is 1.84. The van der Waals surface area contributed by atoms with E-state index in [1.807, 2.05) is 11.4 Å². The van der Waals surface area contributed by atoms with Crippen LogP contribution in [0.1, 0.15) is 15.2 Å². The predicted octanol–water partition coefficient (Wildman–Crippen LogP) is 0.777. The molecular weight excluding hydrogens is 236 g/mol. The third kappa shape index (κ3) is 3.86. The van der Waals surface area contributed by atoms with Gasteiger partial charge in [-0.25, -0.2) is 0 Å². The standard InChI is InChI=1S/C12H16N2O2S/c1-14(7-8-16-2)12(15)11-10(4-3-6-13)5-9-17-11/h5,9H,6-8,13H2,1-2H3. The smallest absolute Gasteiger partial charge is 0.265 e. The van der Waals surface area contributed by atoms with Gasteiger partial charge in [-0.15, -0.1) is 11.3 Å². The van der Waals surface area contributed by atoms with Crippen LogP contribution in [-0.2, 0) is 4.74 Å². The molecule has 2 N–H and O–H groups in total. The number of ether oxygens (including phenoxy) is 1. The molecule has 0 radical (unpaired) electrons. The highest BCUT2D eigenvalue weighted by atomic mass is 32.1. The summed E-state index contributed by atoms with van der Waals surface area (Å²) in [5.74, 6) is 5.63. The summed E-state index contributed by atoms with van der Waals surface area (Å²) in [6.45, 7) is 1.39. The van der Waals surface area contributed by atoms with Crippen LogP contribution >= 0.6 is 11.3 Å². The van der Waals surface area contributed by atoms with Gasteiger partial charge in [-0.1, -0.05) is 11.8 Å². The highest BCUT2D eigenvalue weighted by molar-refractivity contribution is 7.12. The number of rotatable bonds is 4. The maximum Gasteiger partial charge on any atom is 0.265 e. The Bertz CT molecular complexity index is 431. The van der Waals surface area contributed by atoms with E-state index in [1.165, 1.54) is 11.3 Å². The predicted molar refractivity (Wildman–Crippen MR) is 69.1 cm³/mol. The monoisotopic (exact) mass is 252 g/mol. The van der Waals surface area contributed by atoms with Crippen LogP contribution in [0.15, 0.2) is 11.4 Å². The van der Waals surface area contributed by atoms with E-state index in [0.717, 1.165) is 5.56 Å². The van der Waals surface area contributed by atoms with E-state index in [2.05, 4.69) is 11.8 Å². The van der Waals surface area contributed by atoms with Crippen molar-refractivity contribution in [2.45, 2.75) is 0 Å². The van der Waals surface area contributed by atoms with Gasteiger partial charge < -0.3 is 15.4 Å². The fourth-order valence-electron chi connectivity index (χ4n) is 1.22. The first-order chi connectivity index (χ1) is 8.20. The third-order valence-electron chi connectivity index (χ3n) is 2.16. The number of nitrogens with zero attached hydrogens (tertiary/aromatic N) is 1. The van der Waals surface area contributed by atoms with Crippen LogP contribution in [0.3, 0.4) is 0 Å². The normalized spacial score (nSPS) is 9.59. The van der Waals surface area contributed by atoms with Gasteiger partial charge in [0, 0.05) is 26.3 Å². The number of hydrogen-bond donors (Lipinski definition) is 1. The van der Waals surface area contributed by atoms with Gasteiger partial charge in [0.2, 0.25) is 0 Å². The molecule has 0 bridgehead atoms. The van der Waals surface area contributed by atoms with Gasteiger partial charge in [0.15, 0.2) is 0 Å². The van der Waals surface area contributed by atoms with Crippen molar-refractivity contribution < 1.29 is 9.53 Å². The number of likely N-dealkylation sites (N-methyl/N-ethyl adjacent to an activating group) is 1. The van der Waals surface area contributed by atoms with Crippen molar-refractivity contribution in [2.75, 3.05) is 33.9 Å². The molecule has 4 nitrogen and oxygen atoms in total. The van der Waals surface area contributed by atoms with Gasteiger partial charge in [0.25, 0.3) is 5.91 Å². The minimum Gasteiger partial charge on any atom is -0.383 e. The first-order valence-electron chi connectivity index (χ1n) is 5.21. The molecule has 0 aromatic carbocycles. The second-order valence-corrected chi connectivity index (χ2v) is 4.30. The summed E-state index contributed by atoms with van der Waals surface area (Å²) in [4.78, 5) is 14.4.